The minimum atomic E-state index is -0.399. The summed E-state index contributed by atoms with van der Waals surface area (Å²) in [5.41, 5.74) is 5.78. The van der Waals surface area contributed by atoms with E-state index in [9.17, 15) is 14.9 Å². The van der Waals surface area contributed by atoms with Gasteiger partial charge in [-0.1, -0.05) is 44.2 Å². The van der Waals surface area contributed by atoms with Gasteiger partial charge in [0.25, 0.3) is 5.69 Å². The van der Waals surface area contributed by atoms with E-state index in [1.165, 1.54) is 12.1 Å². The average Bonchev–Trinajstić information content (AvgIpc) is 3.32. The molecule has 1 aromatic heterocycles. The molecule has 1 unspecified atom stereocenters. The molecule has 1 atom stereocenters. The molecule has 0 saturated carbocycles. The molecule has 6 heteroatoms. The molecule has 0 fully saturated rings. The topological polar surface area (TPSA) is 77.2 Å². The maximum absolute atomic E-state index is 13.7. The van der Waals surface area contributed by atoms with Crippen molar-refractivity contribution < 1.29 is 9.72 Å². The van der Waals surface area contributed by atoms with Crippen LogP contribution in [0.2, 0.25) is 0 Å². The smallest absolute Gasteiger partial charge is 0.269 e. The Hall–Kier alpha value is -4.19. The third-order valence-electron chi connectivity index (χ3n) is 7.15. The molecular formula is C29H25N3O3. The fraction of sp³-hybridized carbons (Fsp3) is 0.207. The van der Waals surface area contributed by atoms with Crippen LogP contribution < -0.4 is 5.32 Å². The molecule has 6 nitrogen and oxygen atoms in total. The first-order valence-electron chi connectivity index (χ1n) is 11.8. The third kappa shape index (κ3) is 3.44. The first-order chi connectivity index (χ1) is 16.8. The summed E-state index contributed by atoms with van der Waals surface area (Å²) in [6.45, 7) is 4.33. The van der Waals surface area contributed by atoms with E-state index in [2.05, 4.69) is 43.4 Å². The molecule has 3 aromatic carbocycles. The predicted molar refractivity (Wildman–Crippen MR) is 138 cm³/mol. The molecule has 35 heavy (non-hydrogen) atoms. The van der Waals surface area contributed by atoms with E-state index < -0.39 is 4.92 Å². The van der Waals surface area contributed by atoms with E-state index in [0.29, 0.717) is 6.42 Å². The van der Waals surface area contributed by atoms with Gasteiger partial charge in [-0.15, -0.1) is 0 Å². The quantitative estimate of drug-likeness (QED) is 0.266. The summed E-state index contributed by atoms with van der Waals surface area (Å²) in [5, 5.41) is 17.1. The Bertz CT molecular complexity index is 1540. The highest BCUT2D eigenvalue weighted by Crippen LogP contribution is 2.52. The minimum absolute atomic E-state index is 0.0498. The van der Waals surface area contributed by atoms with Crippen LogP contribution in [0, 0.1) is 15.5 Å². The second kappa shape index (κ2) is 7.67. The zero-order chi connectivity index (χ0) is 24.3. The lowest BCUT2D eigenvalue weighted by molar-refractivity contribution is -0.384. The summed E-state index contributed by atoms with van der Waals surface area (Å²) in [4.78, 5) is 24.4. The summed E-state index contributed by atoms with van der Waals surface area (Å²) >= 11 is 0. The van der Waals surface area contributed by atoms with Crippen molar-refractivity contribution in [3.8, 4) is 5.69 Å². The van der Waals surface area contributed by atoms with E-state index in [1.807, 2.05) is 35.0 Å². The fourth-order valence-electron chi connectivity index (χ4n) is 5.66. The molecule has 174 valence electrons. The number of fused-ring (bicyclic) bond motifs is 4. The van der Waals surface area contributed by atoms with Crippen molar-refractivity contribution in [1.82, 2.24) is 4.57 Å². The van der Waals surface area contributed by atoms with Crippen LogP contribution in [0.25, 0.3) is 22.0 Å². The van der Waals surface area contributed by atoms with Gasteiger partial charge in [-0.2, -0.15) is 0 Å². The maximum atomic E-state index is 13.7. The van der Waals surface area contributed by atoms with Crippen LogP contribution in [0.3, 0.4) is 0 Å². The van der Waals surface area contributed by atoms with Gasteiger partial charge >= 0.3 is 0 Å². The van der Waals surface area contributed by atoms with Crippen molar-refractivity contribution >= 4 is 33.5 Å². The number of allylic oxidation sites excluding steroid dienone is 1. The minimum Gasteiger partial charge on any atom is -0.372 e. The molecule has 6 rings (SSSR count). The Kier molecular flexibility index (Phi) is 4.68. The lowest BCUT2D eigenvalue weighted by Gasteiger charge is -2.40. The fourth-order valence-corrected chi connectivity index (χ4v) is 5.66. The lowest BCUT2D eigenvalue weighted by Crippen LogP contribution is -2.33. The van der Waals surface area contributed by atoms with Gasteiger partial charge in [0.2, 0.25) is 0 Å². The van der Waals surface area contributed by atoms with Crippen LogP contribution in [0.15, 0.2) is 84.6 Å². The molecule has 4 aromatic rings. The summed E-state index contributed by atoms with van der Waals surface area (Å²) in [6, 6.07) is 22.7. The monoisotopic (exact) mass is 463 g/mol. The highest BCUT2D eigenvalue weighted by molar-refractivity contribution is 6.12. The number of carbonyl (C=O) groups is 1. The number of ketones is 1. The molecule has 1 aliphatic heterocycles. The number of nitro groups is 1. The molecule has 0 spiro atoms. The van der Waals surface area contributed by atoms with Crippen molar-refractivity contribution in [3.63, 3.8) is 0 Å². The summed E-state index contributed by atoms with van der Waals surface area (Å²) < 4.78 is 2.01. The Morgan fingerprint density at radius 1 is 0.971 bits per heavy atom. The van der Waals surface area contributed by atoms with Gasteiger partial charge < -0.3 is 9.88 Å². The zero-order valence-electron chi connectivity index (χ0n) is 19.6. The van der Waals surface area contributed by atoms with Gasteiger partial charge in [0.1, 0.15) is 0 Å². The normalized spacial score (nSPS) is 18.7. The number of nitro benzene ring substituents is 1. The summed E-state index contributed by atoms with van der Waals surface area (Å²) in [7, 11) is 0. The number of aromatic nitrogens is 1. The molecule has 0 bridgehead atoms. The Morgan fingerprint density at radius 3 is 2.51 bits per heavy atom. The highest BCUT2D eigenvalue weighted by Gasteiger charge is 2.41. The predicted octanol–water partition coefficient (Wildman–Crippen LogP) is 6.85. The first-order valence-corrected chi connectivity index (χ1v) is 11.8. The lowest BCUT2D eigenvalue weighted by atomic mass is 9.68. The second-order valence-corrected chi connectivity index (χ2v) is 10.2. The number of anilines is 1. The van der Waals surface area contributed by atoms with Crippen LogP contribution in [0.1, 0.15) is 44.0 Å². The molecular weight excluding hydrogens is 438 g/mol. The van der Waals surface area contributed by atoms with Crippen LogP contribution in [-0.4, -0.2) is 15.3 Å². The Morgan fingerprint density at radius 2 is 1.74 bits per heavy atom. The summed E-state index contributed by atoms with van der Waals surface area (Å²) in [6.07, 6.45) is 3.26. The molecule has 0 radical (unpaired) electrons. The van der Waals surface area contributed by atoms with Gasteiger partial charge in [0, 0.05) is 53.0 Å². The number of nitrogens with zero attached hydrogens (tertiary/aromatic N) is 2. The average molecular weight is 464 g/mol. The van der Waals surface area contributed by atoms with Crippen molar-refractivity contribution in [2.24, 2.45) is 5.41 Å². The maximum Gasteiger partial charge on any atom is 0.269 e. The number of hydrogen-bond donors (Lipinski definition) is 1. The number of hydrogen-bond acceptors (Lipinski definition) is 4. The number of carbonyl (C=O) groups excluding carboxylic acids is 1. The van der Waals surface area contributed by atoms with Crippen molar-refractivity contribution in [2.75, 3.05) is 5.32 Å². The summed E-state index contributed by atoms with van der Waals surface area (Å²) in [5.74, 6) is 0.170. The molecule has 2 heterocycles. The second-order valence-electron chi connectivity index (χ2n) is 10.2. The number of non-ortho nitro benzene ring substituents is 1. The van der Waals surface area contributed by atoms with Gasteiger partial charge in [-0.05, 0) is 58.5 Å². The van der Waals surface area contributed by atoms with Crippen LogP contribution in [0.5, 0.6) is 0 Å². The SMILES string of the molecule is CC1(C)CC(=O)C2=C(C1)c1c(ccc3ccccc13)NC2c1cccn1-c1ccc([N+](=O)[O-])cc1. The van der Waals surface area contributed by atoms with Crippen LogP contribution in [0.4, 0.5) is 11.4 Å². The Labute approximate surface area is 203 Å². The van der Waals surface area contributed by atoms with E-state index in [1.54, 1.807) is 12.1 Å². The molecule has 0 saturated heterocycles. The van der Waals surface area contributed by atoms with Crippen molar-refractivity contribution in [2.45, 2.75) is 32.7 Å². The van der Waals surface area contributed by atoms with Crippen molar-refractivity contribution in [1.29, 1.82) is 0 Å². The standard InChI is InChI=1S/C29H25N3O3/c1-29(2)16-22-26-21-7-4-3-6-18(21)9-14-23(26)30-28(27(22)25(33)17-29)24-8-5-15-31(24)19-10-12-20(13-11-19)32(34)35/h3-15,28,30H,16-17H2,1-2H3. The molecule has 1 aliphatic carbocycles. The van der Waals surface area contributed by atoms with Crippen LogP contribution in [-0.2, 0) is 4.79 Å². The first kappa shape index (κ1) is 21.4. The number of Topliss-reactive ketones (excluding diaryl/α,β-unsaturated/α-hetero) is 1. The van der Waals surface area contributed by atoms with E-state index in [0.717, 1.165) is 51.0 Å². The number of rotatable bonds is 3. The van der Waals surface area contributed by atoms with Gasteiger partial charge in [0.05, 0.1) is 11.0 Å². The van der Waals surface area contributed by atoms with Crippen LogP contribution >= 0.6 is 0 Å². The third-order valence-corrected chi connectivity index (χ3v) is 7.15. The highest BCUT2D eigenvalue weighted by atomic mass is 16.6. The van der Waals surface area contributed by atoms with E-state index >= 15 is 0 Å². The van der Waals surface area contributed by atoms with Gasteiger partial charge in [-0.3, -0.25) is 14.9 Å². The van der Waals surface area contributed by atoms with Gasteiger partial charge in [0.15, 0.2) is 5.78 Å². The van der Waals surface area contributed by atoms with Crippen molar-refractivity contribution in [3.05, 3.63) is 106 Å². The van der Waals surface area contributed by atoms with E-state index in [4.69, 9.17) is 0 Å². The molecule has 2 aliphatic rings. The largest absolute Gasteiger partial charge is 0.372 e. The zero-order valence-corrected chi connectivity index (χ0v) is 19.6. The van der Waals surface area contributed by atoms with Gasteiger partial charge in [-0.25, -0.2) is 0 Å². The molecule has 0 amide bonds. The number of benzene rings is 3. The molecule has 1 N–H and O–H groups in total. The van der Waals surface area contributed by atoms with E-state index in [-0.39, 0.29) is 22.9 Å². The Balaban J connectivity index is 1.55. The number of nitrogens with one attached hydrogen (secondary N) is 1.